The second kappa shape index (κ2) is 8.92. The molecule has 0 aliphatic heterocycles. The highest BCUT2D eigenvalue weighted by molar-refractivity contribution is 6.35. The molecule has 0 amide bonds. The first-order chi connectivity index (χ1) is 11.8. The van der Waals surface area contributed by atoms with Crippen LogP contribution in [-0.4, -0.2) is 30.3 Å². The monoisotopic (exact) mass is 404 g/mol. The zero-order chi connectivity index (χ0) is 18.4. The van der Waals surface area contributed by atoms with Crippen LogP contribution in [0.25, 0.3) is 0 Å². The van der Waals surface area contributed by atoms with Crippen molar-refractivity contribution in [3.8, 4) is 17.2 Å². The summed E-state index contributed by atoms with van der Waals surface area (Å²) in [4.78, 5) is 22.1. The van der Waals surface area contributed by atoms with Crippen molar-refractivity contribution in [3.63, 3.8) is 0 Å². The van der Waals surface area contributed by atoms with Gasteiger partial charge in [-0.3, -0.25) is 0 Å². The molecule has 0 atom stereocenters. The molecule has 0 spiro atoms. The summed E-state index contributed by atoms with van der Waals surface area (Å²) in [5.74, 6) is -1.50. The number of esters is 1. The van der Waals surface area contributed by atoms with E-state index in [1.165, 1.54) is 18.2 Å². The van der Waals surface area contributed by atoms with Crippen LogP contribution in [0.5, 0.6) is 17.2 Å². The molecule has 0 saturated heterocycles. The molecule has 0 aromatic heterocycles. The molecule has 0 aliphatic carbocycles. The summed E-state index contributed by atoms with van der Waals surface area (Å²) in [5, 5.41) is 9.49. The Labute approximate surface area is 157 Å². The molecular weight excluding hydrogens is 395 g/mol. The lowest BCUT2D eigenvalue weighted by atomic mass is 10.3. The van der Waals surface area contributed by atoms with Gasteiger partial charge in [0.2, 0.25) is 0 Å². The van der Waals surface area contributed by atoms with Gasteiger partial charge in [-0.25, -0.2) is 9.59 Å². The summed E-state index contributed by atoms with van der Waals surface area (Å²) in [5.41, 5.74) is 0. The molecule has 9 heteroatoms. The lowest BCUT2D eigenvalue weighted by Gasteiger charge is -2.13. The molecule has 0 aliphatic rings. The standard InChI is InChI=1S/C16H11Cl3O6/c17-9-1-3-12(11(19)5-9)24-13-4-2-10(18)6-14(13)25-16(22)8-23-7-15(20)21/h1-6H,7-8H2,(H,20,21). The van der Waals surface area contributed by atoms with Gasteiger partial charge in [0, 0.05) is 16.1 Å². The van der Waals surface area contributed by atoms with Crippen LogP contribution in [0.4, 0.5) is 0 Å². The maximum absolute atomic E-state index is 11.7. The van der Waals surface area contributed by atoms with Crippen molar-refractivity contribution in [1.29, 1.82) is 0 Å². The first-order valence-corrected chi connectivity index (χ1v) is 7.91. The van der Waals surface area contributed by atoms with Crippen LogP contribution in [0, 0.1) is 0 Å². The van der Waals surface area contributed by atoms with Crippen LogP contribution in [0.2, 0.25) is 15.1 Å². The second-order valence-corrected chi connectivity index (χ2v) is 5.91. The number of aliphatic carboxylic acids is 1. The van der Waals surface area contributed by atoms with E-state index < -0.39 is 25.2 Å². The normalized spacial score (nSPS) is 10.4. The molecule has 0 heterocycles. The van der Waals surface area contributed by atoms with Crippen molar-refractivity contribution in [2.75, 3.05) is 13.2 Å². The molecule has 2 rings (SSSR count). The minimum absolute atomic E-state index is 0.0300. The zero-order valence-corrected chi connectivity index (χ0v) is 14.8. The predicted molar refractivity (Wildman–Crippen MR) is 92.1 cm³/mol. The Bertz CT molecular complexity index is 793. The van der Waals surface area contributed by atoms with Crippen LogP contribution in [0.15, 0.2) is 36.4 Å². The maximum Gasteiger partial charge on any atom is 0.337 e. The van der Waals surface area contributed by atoms with Gasteiger partial charge in [-0.15, -0.1) is 0 Å². The number of hydrogen-bond acceptors (Lipinski definition) is 5. The first-order valence-electron chi connectivity index (χ1n) is 6.78. The Morgan fingerprint density at radius 3 is 2.16 bits per heavy atom. The molecular formula is C16H11Cl3O6. The molecule has 2 aromatic rings. The van der Waals surface area contributed by atoms with Gasteiger partial charge in [0.05, 0.1) is 5.02 Å². The molecule has 0 radical (unpaired) electrons. The third kappa shape index (κ3) is 6.10. The number of hydrogen-bond donors (Lipinski definition) is 1. The van der Waals surface area contributed by atoms with E-state index in [4.69, 9.17) is 49.4 Å². The lowest BCUT2D eigenvalue weighted by molar-refractivity contribution is -0.147. The summed E-state index contributed by atoms with van der Waals surface area (Å²) in [6.45, 7) is -1.16. The summed E-state index contributed by atoms with van der Waals surface area (Å²) >= 11 is 17.8. The molecule has 0 bridgehead atoms. The van der Waals surface area contributed by atoms with Gasteiger partial charge in [-0.05, 0) is 30.3 Å². The highest BCUT2D eigenvalue weighted by atomic mass is 35.5. The van der Waals surface area contributed by atoms with Gasteiger partial charge in [0.15, 0.2) is 11.5 Å². The zero-order valence-electron chi connectivity index (χ0n) is 12.5. The van der Waals surface area contributed by atoms with Gasteiger partial charge in [0.25, 0.3) is 0 Å². The minimum Gasteiger partial charge on any atom is -0.480 e. The van der Waals surface area contributed by atoms with Gasteiger partial charge >= 0.3 is 11.9 Å². The number of halogens is 3. The van der Waals surface area contributed by atoms with Crippen molar-refractivity contribution in [2.45, 2.75) is 0 Å². The van der Waals surface area contributed by atoms with Crippen molar-refractivity contribution in [1.82, 2.24) is 0 Å². The van der Waals surface area contributed by atoms with Crippen molar-refractivity contribution >= 4 is 46.7 Å². The Kier molecular flexibility index (Phi) is 6.90. The highest BCUT2D eigenvalue weighted by Crippen LogP contribution is 2.37. The maximum atomic E-state index is 11.7. The van der Waals surface area contributed by atoms with Crippen molar-refractivity contribution in [3.05, 3.63) is 51.5 Å². The fraction of sp³-hybridized carbons (Fsp3) is 0.125. The fourth-order valence-corrected chi connectivity index (χ4v) is 2.31. The smallest absolute Gasteiger partial charge is 0.337 e. The van der Waals surface area contributed by atoms with Crippen LogP contribution < -0.4 is 9.47 Å². The number of carboxylic acids is 1. The van der Waals surface area contributed by atoms with Crippen molar-refractivity contribution < 1.29 is 28.9 Å². The summed E-state index contributed by atoms with van der Waals surface area (Å²) in [6, 6.07) is 9.05. The molecule has 1 N–H and O–H groups in total. The van der Waals surface area contributed by atoms with E-state index in [9.17, 15) is 9.59 Å². The molecule has 6 nitrogen and oxygen atoms in total. The number of carbonyl (C=O) groups excluding carboxylic acids is 1. The Balaban J connectivity index is 2.14. The van der Waals surface area contributed by atoms with Crippen molar-refractivity contribution in [2.24, 2.45) is 0 Å². The molecule has 132 valence electrons. The molecule has 2 aromatic carbocycles. The van der Waals surface area contributed by atoms with E-state index in [0.29, 0.717) is 15.8 Å². The van der Waals surface area contributed by atoms with Crippen LogP contribution in [0.1, 0.15) is 0 Å². The second-order valence-electron chi connectivity index (χ2n) is 4.63. The minimum atomic E-state index is -1.20. The Morgan fingerprint density at radius 1 is 0.880 bits per heavy atom. The first kappa shape index (κ1) is 19.3. The molecule has 0 saturated carbocycles. The number of rotatable bonds is 7. The van der Waals surface area contributed by atoms with E-state index >= 15 is 0 Å². The quantitative estimate of drug-likeness (QED) is 0.541. The van der Waals surface area contributed by atoms with E-state index in [1.54, 1.807) is 18.2 Å². The Morgan fingerprint density at radius 2 is 1.52 bits per heavy atom. The van der Waals surface area contributed by atoms with Crippen LogP contribution in [0.3, 0.4) is 0 Å². The molecule has 0 unspecified atom stereocenters. The largest absolute Gasteiger partial charge is 0.480 e. The average molecular weight is 406 g/mol. The van der Waals surface area contributed by atoms with Crippen LogP contribution in [-0.2, 0) is 14.3 Å². The van der Waals surface area contributed by atoms with Gasteiger partial charge in [-0.1, -0.05) is 34.8 Å². The topological polar surface area (TPSA) is 82.1 Å². The lowest BCUT2D eigenvalue weighted by Crippen LogP contribution is -2.18. The van der Waals surface area contributed by atoms with Gasteiger partial charge in [0.1, 0.15) is 19.0 Å². The Hall–Kier alpha value is -1.99. The van der Waals surface area contributed by atoms with E-state index in [0.717, 1.165) is 0 Å². The van der Waals surface area contributed by atoms with Gasteiger partial charge in [-0.2, -0.15) is 0 Å². The highest BCUT2D eigenvalue weighted by Gasteiger charge is 2.14. The summed E-state index contributed by atoms with van der Waals surface area (Å²) in [6.07, 6.45) is 0. The van der Waals surface area contributed by atoms with E-state index in [2.05, 4.69) is 4.74 Å². The van der Waals surface area contributed by atoms with E-state index in [-0.39, 0.29) is 16.5 Å². The third-order valence-electron chi connectivity index (χ3n) is 2.69. The van der Waals surface area contributed by atoms with E-state index in [1.807, 2.05) is 0 Å². The van der Waals surface area contributed by atoms with Crippen LogP contribution >= 0.6 is 34.8 Å². The fourth-order valence-electron chi connectivity index (χ4n) is 1.70. The predicted octanol–water partition coefficient (Wildman–Crippen LogP) is 4.45. The summed E-state index contributed by atoms with van der Waals surface area (Å²) in [7, 11) is 0. The number of carboxylic acid groups (broad SMARTS) is 1. The SMILES string of the molecule is O=C(O)COCC(=O)Oc1cc(Cl)ccc1Oc1ccc(Cl)cc1Cl. The van der Waals surface area contributed by atoms with Gasteiger partial charge < -0.3 is 19.3 Å². The molecule has 25 heavy (non-hydrogen) atoms. The number of ether oxygens (including phenoxy) is 3. The summed E-state index contributed by atoms with van der Waals surface area (Å²) < 4.78 is 15.4. The number of benzene rings is 2. The third-order valence-corrected chi connectivity index (χ3v) is 3.45. The number of carbonyl (C=O) groups is 2. The molecule has 0 fully saturated rings. The average Bonchev–Trinajstić information content (AvgIpc) is 2.52.